The Balaban J connectivity index is 1.75. The van der Waals surface area contributed by atoms with Gasteiger partial charge in [0.1, 0.15) is 5.69 Å². The molecular weight excluding hydrogens is 278 g/mol. The van der Waals surface area contributed by atoms with Crippen molar-refractivity contribution < 1.29 is 4.79 Å². The van der Waals surface area contributed by atoms with Crippen LogP contribution in [0.25, 0.3) is 5.69 Å². The lowest BCUT2D eigenvalue weighted by atomic mass is 10.1. The first kappa shape index (κ1) is 13.9. The lowest BCUT2D eigenvalue weighted by molar-refractivity contribution is -0.115. The van der Waals surface area contributed by atoms with E-state index < -0.39 is 0 Å². The maximum Gasteiger partial charge on any atom is 0.288 e. The third-order valence-electron chi connectivity index (χ3n) is 3.24. The fourth-order valence-electron chi connectivity index (χ4n) is 2.18. The molecule has 0 saturated carbocycles. The van der Waals surface area contributed by atoms with Gasteiger partial charge in [-0.25, -0.2) is 0 Å². The van der Waals surface area contributed by atoms with Crippen molar-refractivity contribution in [1.82, 2.24) is 9.78 Å². The van der Waals surface area contributed by atoms with Crippen LogP contribution in [0.15, 0.2) is 71.7 Å². The second-order valence-corrected chi connectivity index (χ2v) is 4.90. The van der Waals surface area contributed by atoms with Gasteiger partial charge in [0.05, 0.1) is 18.3 Å². The van der Waals surface area contributed by atoms with Crippen LogP contribution in [0.3, 0.4) is 0 Å². The van der Waals surface area contributed by atoms with Gasteiger partial charge >= 0.3 is 0 Å². The number of benzene rings is 2. The molecule has 0 aliphatic heterocycles. The smallest absolute Gasteiger partial charge is 0.288 e. The number of aromatic amines is 1. The SMILES string of the molecule is O=C(Cc1ccccc1)Nc1cn(-c2ccccc2)[nH]c1=O. The molecule has 0 unspecified atom stereocenters. The molecule has 3 rings (SSSR count). The van der Waals surface area contributed by atoms with E-state index in [1.54, 1.807) is 10.9 Å². The van der Waals surface area contributed by atoms with E-state index in [1.807, 2.05) is 60.7 Å². The second kappa shape index (κ2) is 6.13. The molecule has 0 aliphatic carbocycles. The number of H-pyrrole nitrogens is 1. The van der Waals surface area contributed by atoms with Crippen molar-refractivity contribution in [1.29, 1.82) is 0 Å². The molecule has 3 aromatic rings. The van der Waals surface area contributed by atoms with Gasteiger partial charge in [-0.05, 0) is 17.7 Å². The van der Waals surface area contributed by atoms with Crippen molar-refractivity contribution in [2.24, 2.45) is 0 Å². The van der Waals surface area contributed by atoms with Crippen molar-refractivity contribution in [3.05, 3.63) is 82.8 Å². The van der Waals surface area contributed by atoms with Crippen LogP contribution in [0, 0.1) is 0 Å². The van der Waals surface area contributed by atoms with Crippen LogP contribution in [0.1, 0.15) is 5.56 Å². The summed E-state index contributed by atoms with van der Waals surface area (Å²) in [7, 11) is 0. The molecule has 0 aliphatic rings. The van der Waals surface area contributed by atoms with E-state index in [2.05, 4.69) is 10.4 Å². The third kappa shape index (κ3) is 3.15. The van der Waals surface area contributed by atoms with Crippen molar-refractivity contribution >= 4 is 11.6 Å². The highest BCUT2D eigenvalue weighted by Gasteiger charge is 2.09. The molecule has 0 bridgehead atoms. The Kier molecular flexibility index (Phi) is 3.87. The van der Waals surface area contributed by atoms with Gasteiger partial charge in [-0.2, -0.15) is 0 Å². The predicted molar refractivity (Wildman–Crippen MR) is 85.2 cm³/mol. The number of hydrogen-bond donors (Lipinski definition) is 2. The minimum atomic E-state index is -0.328. The summed E-state index contributed by atoms with van der Waals surface area (Å²) in [6.45, 7) is 0. The third-order valence-corrected chi connectivity index (χ3v) is 3.24. The molecular formula is C17H15N3O2. The molecule has 1 aromatic heterocycles. The monoisotopic (exact) mass is 293 g/mol. The van der Waals surface area contributed by atoms with E-state index in [4.69, 9.17) is 0 Å². The number of aromatic nitrogens is 2. The molecule has 0 saturated heterocycles. The second-order valence-electron chi connectivity index (χ2n) is 4.90. The summed E-state index contributed by atoms with van der Waals surface area (Å²) in [4.78, 5) is 23.9. The largest absolute Gasteiger partial charge is 0.320 e. The highest BCUT2D eigenvalue weighted by Crippen LogP contribution is 2.08. The standard InChI is InChI=1S/C17H15N3O2/c21-16(11-13-7-3-1-4-8-13)18-15-12-20(19-17(15)22)14-9-5-2-6-10-14/h1-10,12H,11H2,(H,18,21)(H,19,22). The first-order valence-electron chi connectivity index (χ1n) is 6.93. The number of carbonyl (C=O) groups is 1. The zero-order valence-electron chi connectivity index (χ0n) is 11.8. The highest BCUT2D eigenvalue weighted by atomic mass is 16.2. The molecule has 5 nitrogen and oxygen atoms in total. The van der Waals surface area contributed by atoms with Gasteiger partial charge in [0.15, 0.2) is 0 Å². The number of rotatable bonds is 4. The van der Waals surface area contributed by atoms with Gasteiger partial charge < -0.3 is 5.32 Å². The van der Waals surface area contributed by atoms with Crippen molar-refractivity contribution in [2.45, 2.75) is 6.42 Å². The lowest BCUT2D eigenvalue weighted by Gasteiger charge is -2.02. The van der Waals surface area contributed by atoms with Crippen LogP contribution in [0.5, 0.6) is 0 Å². The van der Waals surface area contributed by atoms with Crippen molar-refractivity contribution in [2.75, 3.05) is 5.32 Å². The Labute approximate surface area is 127 Å². The molecule has 110 valence electrons. The number of nitrogens with one attached hydrogen (secondary N) is 2. The van der Waals surface area contributed by atoms with E-state index in [1.165, 1.54) is 0 Å². The first-order chi connectivity index (χ1) is 10.7. The van der Waals surface area contributed by atoms with Gasteiger partial charge in [0, 0.05) is 0 Å². The fourth-order valence-corrected chi connectivity index (χ4v) is 2.18. The maximum absolute atomic E-state index is 12.0. The van der Waals surface area contributed by atoms with E-state index in [0.717, 1.165) is 11.3 Å². The number of nitrogens with zero attached hydrogens (tertiary/aromatic N) is 1. The summed E-state index contributed by atoms with van der Waals surface area (Å²) in [5.74, 6) is -0.220. The summed E-state index contributed by atoms with van der Waals surface area (Å²) in [5, 5.41) is 5.32. The van der Waals surface area contributed by atoms with Gasteiger partial charge in [-0.3, -0.25) is 19.4 Å². The molecule has 2 aromatic carbocycles. The van der Waals surface area contributed by atoms with Gasteiger partial charge in [0.2, 0.25) is 5.91 Å². The molecule has 1 heterocycles. The number of carbonyl (C=O) groups excluding carboxylic acids is 1. The van der Waals surface area contributed by atoms with Gasteiger partial charge in [0.25, 0.3) is 5.56 Å². The summed E-state index contributed by atoms with van der Waals surface area (Å²) < 4.78 is 1.58. The number of anilines is 1. The van der Waals surface area contributed by atoms with Crippen molar-refractivity contribution in [3.8, 4) is 5.69 Å². The summed E-state index contributed by atoms with van der Waals surface area (Å²) >= 11 is 0. The maximum atomic E-state index is 12.0. The van der Waals surface area contributed by atoms with Crippen LogP contribution in [0.2, 0.25) is 0 Å². The Bertz CT molecular complexity index is 820. The number of para-hydroxylation sites is 1. The Hall–Kier alpha value is -3.08. The zero-order valence-corrected chi connectivity index (χ0v) is 11.8. The topological polar surface area (TPSA) is 66.9 Å². The predicted octanol–water partition coefficient (Wildman–Crippen LogP) is 2.35. The molecule has 0 fully saturated rings. The Morgan fingerprint density at radius 2 is 1.64 bits per heavy atom. The highest BCUT2D eigenvalue weighted by molar-refractivity contribution is 5.92. The normalized spacial score (nSPS) is 10.4. The van der Waals surface area contributed by atoms with Crippen LogP contribution in [-0.4, -0.2) is 15.7 Å². The minimum absolute atomic E-state index is 0.220. The van der Waals surface area contributed by atoms with Crippen LogP contribution >= 0.6 is 0 Å². The van der Waals surface area contributed by atoms with Crippen LogP contribution < -0.4 is 10.9 Å². The first-order valence-corrected chi connectivity index (χ1v) is 6.93. The van der Waals surface area contributed by atoms with E-state index in [-0.39, 0.29) is 23.6 Å². The number of amides is 1. The van der Waals surface area contributed by atoms with E-state index in [9.17, 15) is 9.59 Å². The molecule has 2 N–H and O–H groups in total. The van der Waals surface area contributed by atoms with Crippen molar-refractivity contribution in [3.63, 3.8) is 0 Å². The molecule has 0 atom stereocenters. The number of hydrogen-bond acceptors (Lipinski definition) is 2. The van der Waals surface area contributed by atoms with Crippen LogP contribution in [-0.2, 0) is 11.2 Å². The Morgan fingerprint density at radius 1 is 1.00 bits per heavy atom. The van der Waals surface area contributed by atoms with Gasteiger partial charge in [-0.1, -0.05) is 48.5 Å². The molecule has 5 heteroatoms. The summed E-state index contributed by atoms with van der Waals surface area (Å²) in [6, 6.07) is 18.8. The van der Waals surface area contributed by atoms with Crippen LogP contribution in [0.4, 0.5) is 5.69 Å². The zero-order chi connectivity index (χ0) is 15.4. The molecule has 1 amide bonds. The fraction of sp³-hybridized carbons (Fsp3) is 0.0588. The average molecular weight is 293 g/mol. The lowest BCUT2D eigenvalue weighted by Crippen LogP contribution is -2.18. The molecule has 0 spiro atoms. The van der Waals surface area contributed by atoms with Gasteiger partial charge in [-0.15, -0.1) is 0 Å². The molecule has 0 radical (unpaired) electrons. The quantitative estimate of drug-likeness (QED) is 0.775. The molecule has 22 heavy (non-hydrogen) atoms. The Morgan fingerprint density at radius 3 is 2.32 bits per heavy atom. The van der Waals surface area contributed by atoms with E-state index >= 15 is 0 Å². The average Bonchev–Trinajstić information content (AvgIpc) is 2.90. The summed E-state index contributed by atoms with van der Waals surface area (Å²) in [6.07, 6.45) is 1.82. The van der Waals surface area contributed by atoms with E-state index in [0.29, 0.717) is 0 Å². The summed E-state index contributed by atoms with van der Waals surface area (Å²) in [5.41, 5.74) is 1.64. The minimum Gasteiger partial charge on any atom is -0.320 e.